The Morgan fingerprint density at radius 2 is 1.65 bits per heavy atom. The summed E-state index contributed by atoms with van der Waals surface area (Å²) < 4.78 is 15.7. The standard InChI is InChI=1S/C18H21NO4/c1-21-17(22-2)12-19-18(20)15-8-10-16(11-9-15)23-13-14-6-4-3-5-7-14/h3-11,17H,12-13H2,1-2H3,(H,19,20). The predicted octanol–water partition coefficient (Wildman–Crippen LogP) is 2.61. The van der Waals surface area contributed by atoms with E-state index in [0.29, 0.717) is 12.2 Å². The first-order chi connectivity index (χ1) is 11.2. The van der Waals surface area contributed by atoms with Gasteiger partial charge in [-0.1, -0.05) is 30.3 Å². The van der Waals surface area contributed by atoms with Crippen molar-refractivity contribution in [2.75, 3.05) is 20.8 Å². The first kappa shape index (κ1) is 17.0. The molecule has 0 aromatic heterocycles. The Balaban J connectivity index is 1.85. The molecule has 0 aliphatic carbocycles. The molecular weight excluding hydrogens is 294 g/mol. The van der Waals surface area contributed by atoms with Crippen LogP contribution < -0.4 is 10.1 Å². The van der Waals surface area contributed by atoms with Crippen LogP contribution in [-0.4, -0.2) is 33.0 Å². The molecule has 122 valence electrons. The van der Waals surface area contributed by atoms with E-state index in [1.54, 1.807) is 24.3 Å². The van der Waals surface area contributed by atoms with Crippen LogP contribution in [0.4, 0.5) is 0 Å². The molecule has 0 spiro atoms. The Morgan fingerprint density at radius 1 is 1.00 bits per heavy atom. The maximum atomic E-state index is 12.0. The molecule has 1 N–H and O–H groups in total. The third kappa shape index (κ3) is 5.39. The Kier molecular flexibility index (Phi) is 6.59. The zero-order chi connectivity index (χ0) is 16.5. The molecule has 0 saturated heterocycles. The number of nitrogens with one attached hydrogen (secondary N) is 1. The quantitative estimate of drug-likeness (QED) is 0.761. The fraction of sp³-hybridized carbons (Fsp3) is 0.278. The first-order valence-electron chi connectivity index (χ1n) is 7.33. The van der Waals surface area contributed by atoms with Crippen LogP contribution in [0.1, 0.15) is 15.9 Å². The van der Waals surface area contributed by atoms with Gasteiger partial charge in [-0.25, -0.2) is 0 Å². The molecular formula is C18H21NO4. The number of amides is 1. The van der Waals surface area contributed by atoms with Gasteiger partial charge in [-0.15, -0.1) is 0 Å². The van der Waals surface area contributed by atoms with Crippen LogP contribution in [0, 0.1) is 0 Å². The molecule has 0 aliphatic heterocycles. The summed E-state index contributed by atoms with van der Waals surface area (Å²) in [5, 5.41) is 2.75. The second-order valence-corrected chi connectivity index (χ2v) is 4.91. The summed E-state index contributed by atoms with van der Waals surface area (Å²) in [6.45, 7) is 0.786. The molecule has 2 aromatic rings. The minimum atomic E-state index is -0.451. The Labute approximate surface area is 136 Å². The lowest BCUT2D eigenvalue weighted by molar-refractivity contribution is -0.0974. The number of hydrogen-bond donors (Lipinski definition) is 1. The van der Waals surface area contributed by atoms with Crippen LogP contribution in [0.3, 0.4) is 0 Å². The SMILES string of the molecule is COC(CNC(=O)c1ccc(OCc2ccccc2)cc1)OC. The molecule has 2 aromatic carbocycles. The number of ether oxygens (including phenoxy) is 3. The summed E-state index contributed by atoms with van der Waals surface area (Å²) in [4.78, 5) is 12.0. The number of hydrogen-bond acceptors (Lipinski definition) is 4. The lowest BCUT2D eigenvalue weighted by Gasteiger charge is -2.14. The molecule has 0 saturated carbocycles. The van der Waals surface area contributed by atoms with Gasteiger partial charge in [0.1, 0.15) is 12.4 Å². The molecule has 0 unspecified atom stereocenters. The molecule has 5 heteroatoms. The van der Waals surface area contributed by atoms with Crippen LogP contribution in [0.25, 0.3) is 0 Å². The molecule has 5 nitrogen and oxygen atoms in total. The largest absolute Gasteiger partial charge is 0.489 e. The lowest BCUT2D eigenvalue weighted by atomic mass is 10.2. The van der Waals surface area contributed by atoms with Gasteiger partial charge in [-0.05, 0) is 29.8 Å². The highest BCUT2D eigenvalue weighted by Gasteiger charge is 2.09. The maximum Gasteiger partial charge on any atom is 0.251 e. The maximum absolute atomic E-state index is 12.0. The van der Waals surface area contributed by atoms with E-state index in [1.807, 2.05) is 30.3 Å². The minimum Gasteiger partial charge on any atom is -0.489 e. The third-order valence-electron chi connectivity index (χ3n) is 3.32. The number of rotatable bonds is 8. The van der Waals surface area contributed by atoms with E-state index in [-0.39, 0.29) is 12.5 Å². The van der Waals surface area contributed by atoms with E-state index in [9.17, 15) is 4.79 Å². The van der Waals surface area contributed by atoms with Crippen molar-refractivity contribution in [3.8, 4) is 5.75 Å². The summed E-state index contributed by atoms with van der Waals surface area (Å²) >= 11 is 0. The third-order valence-corrected chi connectivity index (χ3v) is 3.32. The van der Waals surface area contributed by atoms with Crippen molar-refractivity contribution >= 4 is 5.91 Å². The summed E-state index contributed by atoms with van der Waals surface area (Å²) in [5.41, 5.74) is 1.66. The highest BCUT2D eigenvalue weighted by molar-refractivity contribution is 5.94. The number of benzene rings is 2. The molecule has 2 rings (SSSR count). The zero-order valence-electron chi connectivity index (χ0n) is 13.3. The fourth-order valence-corrected chi connectivity index (χ4v) is 1.98. The van der Waals surface area contributed by atoms with Crippen molar-refractivity contribution in [1.82, 2.24) is 5.32 Å². The molecule has 0 heterocycles. The summed E-state index contributed by atoms with van der Waals surface area (Å²) in [5.74, 6) is 0.538. The smallest absolute Gasteiger partial charge is 0.251 e. The highest BCUT2D eigenvalue weighted by Crippen LogP contribution is 2.14. The zero-order valence-corrected chi connectivity index (χ0v) is 13.3. The summed E-state index contributed by atoms with van der Waals surface area (Å²) in [7, 11) is 3.05. The second kappa shape index (κ2) is 8.92. The van der Waals surface area contributed by atoms with Gasteiger partial charge < -0.3 is 19.5 Å². The van der Waals surface area contributed by atoms with Crippen molar-refractivity contribution in [1.29, 1.82) is 0 Å². The van der Waals surface area contributed by atoms with Gasteiger partial charge in [0, 0.05) is 19.8 Å². The van der Waals surface area contributed by atoms with E-state index in [2.05, 4.69) is 5.32 Å². The van der Waals surface area contributed by atoms with Crippen molar-refractivity contribution < 1.29 is 19.0 Å². The fourth-order valence-electron chi connectivity index (χ4n) is 1.98. The van der Waals surface area contributed by atoms with E-state index >= 15 is 0 Å². The van der Waals surface area contributed by atoms with Gasteiger partial charge in [0.2, 0.25) is 0 Å². The molecule has 0 bridgehead atoms. The average molecular weight is 315 g/mol. The van der Waals surface area contributed by atoms with Gasteiger partial charge in [-0.3, -0.25) is 4.79 Å². The van der Waals surface area contributed by atoms with Gasteiger partial charge in [0.25, 0.3) is 5.91 Å². The van der Waals surface area contributed by atoms with Crippen molar-refractivity contribution in [3.05, 3.63) is 65.7 Å². The summed E-state index contributed by atoms with van der Waals surface area (Å²) in [6.07, 6.45) is -0.451. The molecule has 0 aliphatic rings. The molecule has 0 radical (unpaired) electrons. The summed E-state index contributed by atoms with van der Waals surface area (Å²) in [6, 6.07) is 16.9. The first-order valence-corrected chi connectivity index (χ1v) is 7.33. The molecule has 0 atom stereocenters. The number of carbonyl (C=O) groups excluding carboxylic acids is 1. The Morgan fingerprint density at radius 3 is 2.26 bits per heavy atom. The van der Waals surface area contributed by atoms with E-state index in [4.69, 9.17) is 14.2 Å². The molecule has 1 amide bonds. The predicted molar refractivity (Wildman–Crippen MR) is 87.4 cm³/mol. The van der Waals surface area contributed by atoms with Crippen LogP contribution in [-0.2, 0) is 16.1 Å². The van der Waals surface area contributed by atoms with E-state index in [0.717, 1.165) is 11.3 Å². The van der Waals surface area contributed by atoms with Gasteiger partial charge >= 0.3 is 0 Å². The van der Waals surface area contributed by atoms with Gasteiger partial charge in [-0.2, -0.15) is 0 Å². The van der Waals surface area contributed by atoms with Crippen molar-refractivity contribution in [2.24, 2.45) is 0 Å². The average Bonchev–Trinajstić information content (AvgIpc) is 2.62. The van der Waals surface area contributed by atoms with Crippen molar-refractivity contribution in [2.45, 2.75) is 12.9 Å². The minimum absolute atomic E-state index is 0.182. The molecule has 0 fully saturated rings. The van der Waals surface area contributed by atoms with E-state index < -0.39 is 6.29 Å². The van der Waals surface area contributed by atoms with Crippen molar-refractivity contribution in [3.63, 3.8) is 0 Å². The molecule has 23 heavy (non-hydrogen) atoms. The Bertz CT molecular complexity index is 594. The number of carbonyl (C=O) groups is 1. The number of methoxy groups -OCH3 is 2. The Hall–Kier alpha value is -2.37. The van der Waals surface area contributed by atoms with Gasteiger partial charge in [0.05, 0.1) is 6.54 Å². The highest BCUT2D eigenvalue weighted by atomic mass is 16.7. The normalized spacial score (nSPS) is 10.6. The van der Waals surface area contributed by atoms with Crippen LogP contribution in [0.5, 0.6) is 5.75 Å². The topological polar surface area (TPSA) is 56.8 Å². The second-order valence-electron chi connectivity index (χ2n) is 4.91. The van der Waals surface area contributed by atoms with E-state index in [1.165, 1.54) is 14.2 Å². The lowest BCUT2D eigenvalue weighted by Crippen LogP contribution is -2.34. The van der Waals surface area contributed by atoms with Gasteiger partial charge in [0.15, 0.2) is 6.29 Å². The van der Waals surface area contributed by atoms with Crippen LogP contribution in [0.2, 0.25) is 0 Å². The van der Waals surface area contributed by atoms with Crippen LogP contribution in [0.15, 0.2) is 54.6 Å². The monoisotopic (exact) mass is 315 g/mol. The van der Waals surface area contributed by atoms with Crippen LogP contribution >= 0.6 is 0 Å².